The van der Waals surface area contributed by atoms with Crippen LogP contribution in [-0.2, 0) is 4.79 Å². The molecule has 5 saturated carbocycles. The number of carbonyl (C=O) groups excluding carboxylic acids is 1. The Hall–Kier alpha value is -0.630. The molecule has 2 N–H and O–H groups in total. The Morgan fingerprint density at radius 1 is 0.962 bits per heavy atom. The summed E-state index contributed by atoms with van der Waals surface area (Å²) in [6, 6.07) is 0.361. The van der Waals surface area contributed by atoms with E-state index in [-0.39, 0.29) is 16.2 Å². The molecule has 5 rings (SSSR count). The molecule has 0 amide bonds. The van der Waals surface area contributed by atoms with E-state index in [1.165, 1.54) is 44.9 Å². The highest BCUT2D eigenvalue weighted by Gasteiger charge is 2.82. The van der Waals surface area contributed by atoms with Gasteiger partial charge in [-0.15, -0.1) is 0 Å². The molecule has 2 nitrogen and oxygen atoms in total. The SMILES string of the molecule is C/C=C1/C(=O)C[C@@]2(C)[C@@H]3CC[C@H]4C(C)(C)[C@@H](N)CC[C@@]45C[C@@]35CC[C@]12C. The summed E-state index contributed by atoms with van der Waals surface area (Å²) in [5, 5.41) is 0. The van der Waals surface area contributed by atoms with Gasteiger partial charge in [0.1, 0.15) is 0 Å². The molecule has 0 aromatic heterocycles. The number of fused-ring (bicyclic) bond motifs is 2. The zero-order valence-electron chi connectivity index (χ0n) is 17.5. The molecule has 26 heavy (non-hydrogen) atoms. The van der Waals surface area contributed by atoms with Crippen LogP contribution in [0.25, 0.3) is 0 Å². The predicted molar refractivity (Wildman–Crippen MR) is 106 cm³/mol. The molecule has 0 unspecified atom stereocenters. The van der Waals surface area contributed by atoms with Gasteiger partial charge in [0.15, 0.2) is 5.78 Å². The summed E-state index contributed by atoms with van der Waals surface area (Å²) in [7, 11) is 0. The Morgan fingerprint density at radius 2 is 1.62 bits per heavy atom. The van der Waals surface area contributed by atoms with Crippen LogP contribution in [0.4, 0.5) is 0 Å². The van der Waals surface area contributed by atoms with Gasteiger partial charge in [-0.3, -0.25) is 4.79 Å². The quantitative estimate of drug-likeness (QED) is 0.602. The lowest BCUT2D eigenvalue weighted by Crippen LogP contribution is -2.58. The third-order valence-corrected chi connectivity index (χ3v) is 11.1. The van der Waals surface area contributed by atoms with Crippen molar-refractivity contribution in [2.45, 2.75) is 92.0 Å². The molecule has 0 aromatic carbocycles. The maximum atomic E-state index is 12.9. The molecular weight excluding hydrogens is 318 g/mol. The molecule has 7 atom stereocenters. The molecule has 0 heterocycles. The third-order valence-electron chi connectivity index (χ3n) is 11.1. The van der Waals surface area contributed by atoms with Gasteiger partial charge in [0, 0.05) is 17.9 Å². The van der Waals surface area contributed by atoms with Gasteiger partial charge in [0.2, 0.25) is 0 Å². The van der Waals surface area contributed by atoms with Gasteiger partial charge in [0.05, 0.1) is 0 Å². The zero-order chi connectivity index (χ0) is 18.8. The van der Waals surface area contributed by atoms with Crippen molar-refractivity contribution in [1.82, 2.24) is 0 Å². The lowest BCUT2D eigenvalue weighted by Gasteiger charge is -2.62. The second-order valence-electron chi connectivity index (χ2n) is 11.7. The van der Waals surface area contributed by atoms with Gasteiger partial charge in [-0.05, 0) is 90.9 Å². The van der Waals surface area contributed by atoms with E-state index in [2.05, 4.69) is 40.7 Å². The van der Waals surface area contributed by atoms with E-state index in [4.69, 9.17) is 5.73 Å². The summed E-state index contributed by atoms with van der Waals surface area (Å²) in [6.07, 6.45) is 12.1. The maximum Gasteiger partial charge on any atom is 0.159 e. The Kier molecular flexibility index (Phi) is 3.14. The number of Topliss-reactive ketones (excluding diaryl/α,β-unsaturated/α-hetero) is 1. The van der Waals surface area contributed by atoms with Crippen LogP contribution >= 0.6 is 0 Å². The van der Waals surface area contributed by atoms with E-state index < -0.39 is 0 Å². The normalized spacial score (nSPS) is 58.6. The van der Waals surface area contributed by atoms with Gasteiger partial charge >= 0.3 is 0 Å². The number of allylic oxidation sites excluding steroid dienone is 2. The van der Waals surface area contributed by atoms with Crippen LogP contribution in [0.2, 0.25) is 0 Å². The average Bonchev–Trinajstić information content (AvgIpc) is 3.18. The molecule has 0 aromatic rings. The monoisotopic (exact) mass is 355 g/mol. The summed E-state index contributed by atoms with van der Waals surface area (Å²) in [5.74, 6) is 1.97. The first-order chi connectivity index (χ1) is 12.1. The minimum Gasteiger partial charge on any atom is -0.327 e. The van der Waals surface area contributed by atoms with Crippen molar-refractivity contribution in [3.63, 3.8) is 0 Å². The zero-order valence-corrected chi connectivity index (χ0v) is 17.5. The lowest BCUT2D eigenvalue weighted by atomic mass is 9.42. The van der Waals surface area contributed by atoms with Gasteiger partial charge < -0.3 is 5.73 Å². The van der Waals surface area contributed by atoms with Crippen LogP contribution < -0.4 is 5.73 Å². The number of ketones is 1. The average molecular weight is 356 g/mol. The van der Waals surface area contributed by atoms with E-state index in [9.17, 15) is 4.79 Å². The Labute approximate surface area is 159 Å². The van der Waals surface area contributed by atoms with Crippen molar-refractivity contribution in [2.75, 3.05) is 0 Å². The fourth-order valence-corrected chi connectivity index (χ4v) is 9.54. The van der Waals surface area contributed by atoms with Crippen LogP contribution in [0.15, 0.2) is 11.6 Å². The van der Waals surface area contributed by atoms with E-state index in [0.717, 1.165) is 23.8 Å². The molecule has 2 spiro atoms. The first-order valence-corrected chi connectivity index (χ1v) is 11.0. The first-order valence-electron chi connectivity index (χ1n) is 11.0. The minimum absolute atomic E-state index is 0.103. The molecule has 0 bridgehead atoms. The van der Waals surface area contributed by atoms with Crippen LogP contribution in [0.1, 0.15) is 86.0 Å². The molecule has 5 aliphatic carbocycles. The predicted octanol–water partition coefficient (Wildman–Crippen LogP) is 5.26. The smallest absolute Gasteiger partial charge is 0.159 e. The van der Waals surface area contributed by atoms with E-state index in [1.807, 2.05) is 0 Å². The summed E-state index contributed by atoms with van der Waals surface area (Å²) in [6.45, 7) is 11.9. The fraction of sp³-hybridized carbons (Fsp3) is 0.875. The molecule has 0 aliphatic heterocycles. The Balaban J connectivity index is 1.59. The van der Waals surface area contributed by atoms with Crippen molar-refractivity contribution in [2.24, 2.45) is 44.6 Å². The number of rotatable bonds is 0. The van der Waals surface area contributed by atoms with E-state index in [1.54, 1.807) is 0 Å². The van der Waals surface area contributed by atoms with Crippen molar-refractivity contribution < 1.29 is 4.79 Å². The number of nitrogens with two attached hydrogens (primary N) is 1. The van der Waals surface area contributed by atoms with E-state index in [0.29, 0.717) is 22.7 Å². The topological polar surface area (TPSA) is 43.1 Å². The first kappa shape index (κ1) is 17.5. The van der Waals surface area contributed by atoms with Crippen LogP contribution in [0.3, 0.4) is 0 Å². The van der Waals surface area contributed by atoms with Gasteiger partial charge in [0.25, 0.3) is 0 Å². The van der Waals surface area contributed by atoms with Crippen LogP contribution in [-0.4, -0.2) is 11.8 Å². The minimum atomic E-state index is 0.103. The summed E-state index contributed by atoms with van der Waals surface area (Å²) < 4.78 is 0. The Bertz CT molecular complexity index is 722. The molecule has 2 heteroatoms. The standard InChI is InChI=1S/C24H37NO/c1-6-15-16(26)13-22(5)18-8-7-17-20(2,3)19(25)9-10-23(17)14-24(18,23)12-11-21(15,22)4/h6,17-19H,7-14,25H2,1-5H3/b15-6-/t17-,18-,19-,21+,22-,23+,24-/m0/s1. The molecule has 5 aliphatic rings. The number of hydrogen-bond donors (Lipinski definition) is 1. The second kappa shape index (κ2) is 4.67. The summed E-state index contributed by atoms with van der Waals surface area (Å²) in [4.78, 5) is 12.9. The Morgan fingerprint density at radius 3 is 2.31 bits per heavy atom. The van der Waals surface area contributed by atoms with Crippen molar-refractivity contribution in [3.05, 3.63) is 11.6 Å². The molecule has 0 radical (unpaired) electrons. The summed E-state index contributed by atoms with van der Waals surface area (Å²) >= 11 is 0. The number of carbonyl (C=O) groups is 1. The van der Waals surface area contributed by atoms with Gasteiger partial charge in [-0.1, -0.05) is 33.8 Å². The van der Waals surface area contributed by atoms with Crippen LogP contribution in [0, 0.1) is 38.9 Å². The molecule has 0 saturated heterocycles. The fourth-order valence-electron chi connectivity index (χ4n) is 9.54. The molecule has 144 valence electrons. The van der Waals surface area contributed by atoms with Crippen LogP contribution in [0.5, 0.6) is 0 Å². The van der Waals surface area contributed by atoms with Crippen molar-refractivity contribution in [1.29, 1.82) is 0 Å². The number of hydrogen-bond acceptors (Lipinski definition) is 2. The molecular formula is C24H37NO. The largest absolute Gasteiger partial charge is 0.327 e. The highest BCUT2D eigenvalue weighted by atomic mass is 16.1. The highest BCUT2D eigenvalue weighted by Crippen LogP contribution is 2.88. The summed E-state index contributed by atoms with van der Waals surface area (Å²) in [5.41, 5.74) is 9.35. The van der Waals surface area contributed by atoms with Crippen molar-refractivity contribution in [3.8, 4) is 0 Å². The molecule has 5 fully saturated rings. The lowest BCUT2D eigenvalue weighted by molar-refractivity contribution is -0.128. The van der Waals surface area contributed by atoms with E-state index >= 15 is 0 Å². The maximum absolute atomic E-state index is 12.9. The highest BCUT2D eigenvalue weighted by molar-refractivity contribution is 6.00. The third kappa shape index (κ3) is 1.57. The van der Waals surface area contributed by atoms with Gasteiger partial charge in [-0.2, -0.15) is 0 Å². The van der Waals surface area contributed by atoms with Gasteiger partial charge in [-0.25, -0.2) is 0 Å². The second-order valence-corrected chi connectivity index (χ2v) is 11.7. The van der Waals surface area contributed by atoms with Crippen molar-refractivity contribution >= 4 is 5.78 Å².